The van der Waals surface area contributed by atoms with Gasteiger partial charge in [0.15, 0.2) is 0 Å². The number of carbonyl (C=O) groups excluding carboxylic acids is 1. The van der Waals surface area contributed by atoms with Crippen LogP contribution in [0.15, 0.2) is 71.8 Å². The third-order valence-corrected chi connectivity index (χ3v) is 4.77. The Kier molecular flexibility index (Phi) is 5.51. The van der Waals surface area contributed by atoms with Gasteiger partial charge in [-0.25, -0.2) is 0 Å². The van der Waals surface area contributed by atoms with Gasteiger partial charge in [-0.15, -0.1) is 11.8 Å². The number of rotatable bonds is 5. The van der Waals surface area contributed by atoms with Crippen LogP contribution in [0.2, 0.25) is 0 Å². The van der Waals surface area contributed by atoms with Crippen LogP contribution in [0.4, 0.5) is 0 Å². The zero-order valence-corrected chi connectivity index (χ0v) is 15.2. The molecule has 3 nitrogen and oxygen atoms in total. The standard InChI is InChI=1S/C21H20N2OS/c1-23(15-16-8-11-19(25-2)12-9-16)20(24)13-10-18-6-3-5-17-7-4-14-22-21(17)18/h3-14H,15H2,1-2H3/b13-10+. The molecule has 0 unspecified atom stereocenters. The average Bonchev–Trinajstić information content (AvgIpc) is 2.66. The Hall–Kier alpha value is -2.59. The van der Waals surface area contributed by atoms with Crippen molar-refractivity contribution in [3.8, 4) is 0 Å². The highest BCUT2D eigenvalue weighted by Gasteiger charge is 2.06. The summed E-state index contributed by atoms with van der Waals surface area (Å²) in [6.07, 6.45) is 7.27. The molecule has 0 radical (unpaired) electrons. The molecule has 0 N–H and O–H groups in total. The molecule has 4 heteroatoms. The van der Waals surface area contributed by atoms with E-state index in [1.807, 2.05) is 43.5 Å². The Morgan fingerprint density at radius 3 is 2.64 bits per heavy atom. The molecule has 0 atom stereocenters. The quantitative estimate of drug-likeness (QED) is 0.498. The van der Waals surface area contributed by atoms with E-state index >= 15 is 0 Å². The van der Waals surface area contributed by atoms with Crippen LogP contribution in [-0.4, -0.2) is 29.1 Å². The molecule has 3 rings (SSSR count). The average molecular weight is 348 g/mol. The van der Waals surface area contributed by atoms with Gasteiger partial charge in [-0.1, -0.05) is 36.4 Å². The summed E-state index contributed by atoms with van der Waals surface area (Å²) >= 11 is 1.71. The van der Waals surface area contributed by atoms with Gasteiger partial charge in [-0.3, -0.25) is 9.78 Å². The Morgan fingerprint density at radius 2 is 1.88 bits per heavy atom. The topological polar surface area (TPSA) is 33.2 Å². The predicted molar refractivity (Wildman–Crippen MR) is 105 cm³/mol. The van der Waals surface area contributed by atoms with E-state index in [4.69, 9.17) is 0 Å². The molecule has 25 heavy (non-hydrogen) atoms. The Morgan fingerprint density at radius 1 is 1.12 bits per heavy atom. The molecule has 126 valence electrons. The number of benzene rings is 2. The molecule has 2 aromatic carbocycles. The minimum absolute atomic E-state index is 0.0260. The molecule has 3 aromatic rings. The number of amides is 1. The van der Waals surface area contributed by atoms with Crippen molar-refractivity contribution in [3.05, 3.63) is 78.0 Å². The first-order valence-corrected chi connectivity index (χ1v) is 9.30. The fourth-order valence-corrected chi connectivity index (χ4v) is 3.04. The Labute approximate surface area is 152 Å². The monoisotopic (exact) mass is 348 g/mol. The maximum Gasteiger partial charge on any atom is 0.246 e. The molecule has 1 heterocycles. The van der Waals surface area contributed by atoms with Crippen LogP contribution in [0.3, 0.4) is 0 Å². The molecule has 0 fully saturated rings. The second-order valence-corrected chi connectivity index (χ2v) is 6.68. The van der Waals surface area contributed by atoms with Gasteiger partial charge in [-0.2, -0.15) is 0 Å². The number of hydrogen-bond acceptors (Lipinski definition) is 3. The number of pyridine rings is 1. The summed E-state index contributed by atoms with van der Waals surface area (Å²) in [4.78, 5) is 19.7. The van der Waals surface area contributed by atoms with Crippen molar-refractivity contribution < 1.29 is 4.79 Å². The van der Waals surface area contributed by atoms with Crippen molar-refractivity contribution in [1.82, 2.24) is 9.88 Å². The summed E-state index contributed by atoms with van der Waals surface area (Å²) < 4.78 is 0. The molecule has 1 amide bonds. The summed E-state index contributed by atoms with van der Waals surface area (Å²) in [5.41, 5.74) is 2.97. The smallest absolute Gasteiger partial charge is 0.246 e. The van der Waals surface area contributed by atoms with E-state index < -0.39 is 0 Å². The fraction of sp³-hybridized carbons (Fsp3) is 0.143. The lowest BCUT2D eigenvalue weighted by Gasteiger charge is -2.15. The third-order valence-electron chi connectivity index (χ3n) is 4.02. The number of likely N-dealkylation sites (N-methyl/N-ethyl adjacent to an activating group) is 1. The first-order valence-electron chi connectivity index (χ1n) is 8.07. The molecule has 0 spiro atoms. The van der Waals surface area contributed by atoms with E-state index in [0.717, 1.165) is 22.0 Å². The van der Waals surface area contributed by atoms with Crippen molar-refractivity contribution in [2.24, 2.45) is 0 Å². The van der Waals surface area contributed by atoms with Crippen LogP contribution in [-0.2, 0) is 11.3 Å². The molecular formula is C21H20N2OS. The van der Waals surface area contributed by atoms with Crippen molar-refractivity contribution >= 4 is 34.6 Å². The summed E-state index contributed by atoms with van der Waals surface area (Å²) in [7, 11) is 1.82. The molecule has 0 aliphatic heterocycles. The molecule has 1 aromatic heterocycles. The Balaban J connectivity index is 1.70. The second-order valence-electron chi connectivity index (χ2n) is 5.80. The molecule has 0 bridgehead atoms. The molecule has 0 saturated heterocycles. The lowest BCUT2D eigenvalue weighted by molar-refractivity contribution is -0.125. The number of thioether (sulfide) groups is 1. The molecule has 0 saturated carbocycles. The zero-order chi connectivity index (χ0) is 17.6. The first kappa shape index (κ1) is 17.2. The van der Waals surface area contributed by atoms with Crippen LogP contribution in [0.1, 0.15) is 11.1 Å². The van der Waals surface area contributed by atoms with Gasteiger partial charge in [0, 0.05) is 41.7 Å². The van der Waals surface area contributed by atoms with Crippen LogP contribution >= 0.6 is 11.8 Å². The van der Waals surface area contributed by atoms with Gasteiger partial charge in [0.1, 0.15) is 0 Å². The highest BCUT2D eigenvalue weighted by atomic mass is 32.2. The van der Waals surface area contributed by atoms with Crippen molar-refractivity contribution in [2.45, 2.75) is 11.4 Å². The van der Waals surface area contributed by atoms with E-state index in [2.05, 4.69) is 35.5 Å². The van der Waals surface area contributed by atoms with Crippen molar-refractivity contribution in [3.63, 3.8) is 0 Å². The lowest BCUT2D eigenvalue weighted by atomic mass is 10.1. The van der Waals surface area contributed by atoms with Crippen molar-refractivity contribution in [1.29, 1.82) is 0 Å². The molecule has 0 aliphatic rings. The molecular weight excluding hydrogens is 328 g/mol. The van der Waals surface area contributed by atoms with Crippen LogP contribution in [0, 0.1) is 0 Å². The van der Waals surface area contributed by atoms with E-state index in [1.54, 1.807) is 28.9 Å². The number of nitrogens with zero attached hydrogens (tertiary/aromatic N) is 2. The fourth-order valence-electron chi connectivity index (χ4n) is 2.63. The van der Waals surface area contributed by atoms with Gasteiger partial charge < -0.3 is 4.90 Å². The van der Waals surface area contributed by atoms with Gasteiger partial charge in [-0.05, 0) is 36.1 Å². The van der Waals surface area contributed by atoms with Gasteiger partial charge in [0.2, 0.25) is 5.91 Å². The van der Waals surface area contributed by atoms with Gasteiger partial charge in [0.25, 0.3) is 0 Å². The summed E-state index contributed by atoms with van der Waals surface area (Å²) in [6.45, 7) is 0.589. The minimum atomic E-state index is -0.0260. The van der Waals surface area contributed by atoms with Crippen LogP contribution < -0.4 is 0 Å². The lowest BCUT2D eigenvalue weighted by Crippen LogP contribution is -2.24. The SMILES string of the molecule is CSc1ccc(CN(C)C(=O)/C=C/c2cccc3cccnc23)cc1. The van der Waals surface area contributed by atoms with Crippen molar-refractivity contribution in [2.75, 3.05) is 13.3 Å². The summed E-state index contributed by atoms with van der Waals surface area (Å²) in [5.74, 6) is -0.0260. The normalized spacial score (nSPS) is 11.1. The maximum absolute atomic E-state index is 12.4. The second kappa shape index (κ2) is 7.99. The number of fused-ring (bicyclic) bond motifs is 1. The zero-order valence-electron chi connectivity index (χ0n) is 14.3. The van der Waals surface area contributed by atoms with Crippen LogP contribution in [0.5, 0.6) is 0 Å². The summed E-state index contributed by atoms with van der Waals surface area (Å²) in [5, 5.41) is 1.07. The number of hydrogen-bond donors (Lipinski definition) is 0. The maximum atomic E-state index is 12.4. The highest BCUT2D eigenvalue weighted by Crippen LogP contribution is 2.18. The number of aromatic nitrogens is 1. The third kappa shape index (κ3) is 4.28. The Bertz CT molecular complexity index is 898. The minimum Gasteiger partial charge on any atom is -0.338 e. The highest BCUT2D eigenvalue weighted by molar-refractivity contribution is 7.98. The van der Waals surface area contributed by atoms with E-state index in [1.165, 1.54) is 4.90 Å². The molecule has 0 aliphatic carbocycles. The number of para-hydroxylation sites is 1. The first-order chi connectivity index (χ1) is 12.2. The van der Waals surface area contributed by atoms with Gasteiger partial charge >= 0.3 is 0 Å². The van der Waals surface area contributed by atoms with E-state index in [-0.39, 0.29) is 5.91 Å². The largest absolute Gasteiger partial charge is 0.338 e. The summed E-state index contributed by atoms with van der Waals surface area (Å²) in [6, 6.07) is 18.2. The van der Waals surface area contributed by atoms with E-state index in [9.17, 15) is 4.79 Å². The predicted octanol–water partition coefficient (Wildman–Crippen LogP) is 4.63. The number of carbonyl (C=O) groups is 1. The van der Waals surface area contributed by atoms with Gasteiger partial charge in [0.05, 0.1) is 5.52 Å². The van der Waals surface area contributed by atoms with Crippen LogP contribution in [0.25, 0.3) is 17.0 Å². The van der Waals surface area contributed by atoms with E-state index in [0.29, 0.717) is 6.54 Å².